The zero-order valence-electron chi connectivity index (χ0n) is 25.0. The third-order valence-corrected chi connectivity index (χ3v) is 9.21. The molecule has 3 heterocycles. The number of benzene rings is 1. The topological polar surface area (TPSA) is 119 Å². The van der Waals surface area contributed by atoms with Crippen molar-refractivity contribution in [3.63, 3.8) is 0 Å². The van der Waals surface area contributed by atoms with E-state index in [0.29, 0.717) is 43.7 Å². The van der Waals surface area contributed by atoms with E-state index in [0.717, 1.165) is 18.2 Å². The molecule has 0 spiro atoms. The van der Waals surface area contributed by atoms with Crippen LogP contribution in [0.4, 0.5) is 18.0 Å². The predicted molar refractivity (Wildman–Crippen MR) is 158 cm³/mol. The summed E-state index contributed by atoms with van der Waals surface area (Å²) in [6, 6.07) is 3.89. The summed E-state index contributed by atoms with van der Waals surface area (Å²) in [7, 11) is -1.40. The van der Waals surface area contributed by atoms with E-state index in [1.807, 2.05) is 0 Å². The lowest BCUT2D eigenvalue weighted by molar-refractivity contribution is -0.137. The molecule has 2 aromatic heterocycles. The molecule has 0 radical (unpaired) electrons. The zero-order valence-corrected chi connectivity index (χ0v) is 26.0. The number of carboxylic acid groups (broad SMARTS) is 1. The smallest absolute Gasteiger partial charge is 0.416 e. The first kappa shape index (κ1) is 32.3. The number of amides is 2. The van der Waals surface area contributed by atoms with E-state index in [9.17, 15) is 27.9 Å². The maximum Gasteiger partial charge on any atom is 0.416 e. The number of nitrogens with one attached hydrogen (secondary N) is 1. The van der Waals surface area contributed by atoms with E-state index in [2.05, 4.69) is 34.9 Å². The lowest BCUT2D eigenvalue weighted by Gasteiger charge is -2.30. The Kier molecular flexibility index (Phi) is 9.69. The highest BCUT2D eigenvalue weighted by Gasteiger charge is 2.33. The molecule has 1 aromatic carbocycles. The van der Waals surface area contributed by atoms with Crippen LogP contribution in [0, 0.1) is 6.92 Å². The van der Waals surface area contributed by atoms with Gasteiger partial charge in [0.1, 0.15) is 30.0 Å². The van der Waals surface area contributed by atoms with Crippen LogP contribution < -0.4 is 10.1 Å². The van der Waals surface area contributed by atoms with E-state index in [4.69, 9.17) is 9.47 Å². The van der Waals surface area contributed by atoms with Gasteiger partial charge in [-0.1, -0.05) is 19.6 Å². The second-order valence-corrected chi connectivity index (χ2v) is 17.4. The summed E-state index contributed by atoms with van der Waals surface area (Å²) < 4.78 is 54.8. The first-order valence-corrected chi connectivity index (χ1v) is 18.0. The molecule has 14 heteroatoms. The second-order valence-electron chi connectivity index (χ2n) is 11.8. The molecule has 0 atom stereocenters. The van der Waals surface area contributed by atoms with Crippen molar-refractivity contribution in [3.8, 4) is 17.0 Å². The lowest BCUT2D eigenvalue weighted by atomic mass is 10.0. The van der Waals surface area contributed by atoms with Crippen molar-refractivity contribution in [1.82, 2.24) is 24.8 Å². The molecule has 2 amide bonds. The fraction of sp³-hybridized carbons (Fsp3) is 0.517. The first-order chi connectivity index (χ1) is 20.2. The van der Waals surface area contributed by atoms with Crippen LogP contribution in [0.5, 0.6) is 5.75 Å². The summed E-state index contributed by atoms with van der Waals surface area (Å²) in [5, 5.41) is 12.3. The number of carbonyl (C=O) groups excluding carboxylic acids is 1. The number of rotatable bonds is 10. The van der Waals surface area contributed by atoms with E-state index < -0.39 is 31.8 Å². The summed E-state index contributed by atoms with van der Waals surface area (Å²) >= 11 is 0. The molecule has 43 heavy (non-hydrogen) atoms. The standard InChI is InChI=1S/C29H38F3N5O5Si/c1-6-42-22-8-7-19(29(30,31)32)15-21(22)24-26-25(34-16-33-24)23(18(2)37(26)17-41-13-14-43(3,4)5)27(38)35-20-9-11-36(12-10-20)28(39)40/h7-8,15-16,20H,6,9-14,17H2,1-5H3,(H,35,38)(H,39,40). The Labute approximate surface area is 249 Å². The van der Waals surface area contributed by atoms with Crippen molar-refractivity contribution in [2.45, 2.75) is 71.3 Å². The molecule has 234 valence electrons. The highest BCUT2D eigenvalue weighted by Crippen LogP contribution is 2.40. The van der Waals surface area contributed by atoms with Gasteiger partial charge in [0.05, 0.1) is 23.3 Å². The number of fused-ring (bicyclic) bond motifs is 1. The number of hydrogen-bond donors (Lipinski definition) is 2. The van der Waals surface area contributed by atoms with Crippen molar-refractivity contribution < 1.29 is 37.3 Å². The number of ether oxygens (including phenoxy) is 2. The summed E-state index contributed by atoms with van der Waals surface area (Å²) in [5.74, 6) is -0.187. The molecule has 1 aliphatic heterocycles. The Bertz CT molecular complexity index is 1480. The Balaban J connectivity index is 1.81. The van der Waals surface area contributed by atoms with Gasteiger partial charge in [0.15, 0.2) is 0 Å². The van der Waals surface area contributed by atoms with Crippen LogP contribution in [0.2, 0.25) is 25.7 Å². The quantitative estimate of drug-likeness (QED) is 0.210. The zero-order chi connectivity index (χ0) is 31.5. The van der Waals surface area contributed by atoms with Crippen molar-refractivity contribution >= 4 is 31.1 Å². The van der Waals surface area contributed by atoms with Gasteiger partial charge in [0.25, 0.3) is 5.91 Å². The Morgan fingerprint density at radius 3 is 2.47 bits per heavy atom. The Morgan fingerprint density at radius 1 is 1.16 bits per heavy atom. The molecular formula is C29H38F3N5O5Si. The minimum atomic E-state index is -4.59. The van der Waals surface area contributed by atoms with Gasteiger partial charge in [-0.05, 0) is 50.9 Å². The van der Waals surface area contributed by atoms with Crippen LogP contribution in [0.1, 0.15) is 41.4 Å². The fourth-order valence-corrected chi connectivity index (χ4v) is 5.86. The molecule has 0 saturated carbocycles. The molecule has 4 rings (SSSR count). The van der Waals surface area contributed by atoms with Gasteiger partial charge in [-0.2, -0.15) is 13.2 Å². The van der Waals surface area contributed by atoms with E-state index in [-0.39, 0.29) is 47.5 Å². The summed E-state index contributed by atoms with van der Waals surface area (Å²) in [6.07, 6.45) is -3.45. The largest absolute Gasteiger partial charge is 0.493 e. The first-order valence-electron chi connectivity index (χ1n) is 14.3. The van der Waals surface area contributed by atoms with Crippen LogP contribution in [-0.4, -0.2) is 77.0 Å². The number of alkyl halides is 3. The van der Waals surface area contributed by atoms with E-state index in [1.165, 1.54) is 17.3 Å². The number of aromatic nitrogens is 3. The molecule has 3 aromatic rings. The minimum Gasteiger partial charge on any atom is -0.493 e. The van der Waals surface area contributed by atoms with Crippen LogP contribution in [0.25, 0.3) is 22.3 Å². The normalized spacial score (nSPS) is 14.7. The van der Waals surface area contributed by atoms with Crippen molar-refractivity contribution in [3.05, 3.63) is 41.3 Å². The van der Waals surface area contributed by atoms with Gasteiger partial charge in [-0.25, -0.2) is 14.8 Å². The van der Waals surface area contributed by atoms with Gasteiger partial charge in [-0.15, -0.1) is 0 Å². The molecule has 2 N–H and O–H groups in total. The fourth-order valence-electron chi connectivity index (χ4n) is 5.10. The Hall–Kier alpha value is -3.65. The van der Waals surface area contributed by atoms with Crippen molar-refractivity contribution in [2.24, 2.45) is 0 Å². The van der Waals surface area contributed by atoms with Gasteiger partial charge < -0.3 is 29.4 Å². The van der Waals surface area contributed by atoms with Gasteiger partial charge >= 0.3 is 12.3 Å². The molecule has 0 aliphatic carbocycles. The van der Waals surface area contributed by atoms with Crippen LogP contribution in [-0.2, 0) is 17.6 Å². The maximum absolute atomic E-state index is 13.8. The highest BCUT2D eigenvalue weighted by atomic mass is 28.3. The lowest BCUT2D eigenvalue weighted by Crippen LogP contribution is -2.46. The van der Waals surface area contributed by atoms with Crippen LogP contribution >= 0.6 is 0 Å². The third-order valence-electron chi connectivity index (χ3n) is 7.50. The molecule has 10 nitrogen and oxygen atoms in total. The van der Waals surface area contributed by atoms with Crippen molar-refractivity contribution in [2.75, 3.05) is 26.3 Å². The average molecular weight is 622 g/mol. The van der Waals surface area contributed by atoms with Crippen LogP contribution in [0.15, 0.2) is 24.5 Å². The van der Waals surface area contributed by atoms with E-state index in [1.54, 1.807) is 18.4 Å². The highest BCUT2D eigenvalue weighted by molar-refractivity contribution is 6.76. The molecule has 1 saturated heterocycles. The minimum absolute atomic E-state index is 0.0421. The third kappa shape index (κ3) is 7.47. The second kappa shape index (κ2) is 12.9. The summed E-state index contributed by atoms with van der Waals surface area (Å²) in [6.45, 7) is 11.5. The monoisotopic (exact) mass is 621 g/mol. The molecule has 1 fully saturated rings. The van der Waals surface area contributed by atoms with Crippen molar-refractivity contribution in [1.29, 1.82) is 0 Å². The maximum atomic E-state index is 13.8. The molecular weight excluding hydrogens is 583 g/mol. The number of likely N-dealkylation sites (tertiary alicyclic amines) is 1. The van der Waals surface area contributed by atoms with Crippen LogP contribution in [0.3, 0.4) is 0 Å². The number of hydrogen-bond acceptors (Lipinski definition) is 6. The SMILES string of the molecule is CCOc1ccc(C(F)(F)F)cc1-c1ncnc2c(C(=O)NC3CCN(C(=O)O)CC3)c(C)n(COCC[Si](C)(C)C)c12. The Morgan fingerprint density at radius 2 is 1.86 bits per heavy atom. The van der Waals surface area contributed by atoms with Gasteiger partial charge in [0, 0.05) is 45.1 Å². The number of carbonyl (C=O) groups is 2. The number of piperidine rings is 1. The molecule has 1 aliphatic rings. The van der Waals surface area contributed by atoms with Gasteiger partial charge in [0.2, 0.25) is 0 Å². The average Bonchev–Trinajstić information content (AvgIpc) is 3.21. The summed E-state index contributed by atoms with van der Waals surface area (Å²) in [5.41, 5.74) is 0.872. The van der Waals surface area contributed by atoms with Gasteiger partial charge in [-0.3, -0.25) is 4.79 Å². The molecule has 0 bridgehead atoms. The molecule has 0 unspecified atom stereocenters. The summed E-state index contributed by atoms with van der Waals surface area (Å²) in [4.78, 5) is 35.1. The van der Waals surface area contributed by atoms with E-state index >= 15 is 0 Å². The predicted octanol–water partition coefficient (Wildman–Crippen LogP) is 6.01. The number of nitrogens with zero attached hydrogens (tertiary/aromatic N) is 4. The number of halogens is 3.